The molecule has 0 aliphatic heterocycles. The second kappa shape index (κ2) is 5.60. The lowest BCUT2D eigenvalue weighted by Gasteiger charge is -2.20. The highest BCUT2D eigenvalue weighted by Crippen LogP contribution is 2.27. The molecule has 0 fully saturated rings. The van der Waals surface area contributed by atoms with Gasteiger partial charge in [0, 0.05) is 19.0 Å². The van der Waals surface area contributed by atoms with Gasteiger partial charge in [0.25, 0.3) is 0 Å². The summed E-state index contributed by atoms with van der Waals surface area (Å²) < 4.78 is 0. The van der Waals surface area contributed by atoms with Crippen molar-refractivity contribution < 1.29 is 4.79 Å². The zero-order valence-corrected chi connectivity index (χ0v) is 11.2. The third kappa shape index (κ3) is 2.96. The van der Waals surface area contributed by atoms with Crippen molar-refractivity contribution >= 4 is 28.2 Å². The number of nitrogen functional groups attached to an aromatic ring is 1. The Morgan fingerprint density at radius 3 is 3.05 bits per heavy atom. The number of aromatic nitrogens is 2. The van der Waals surface area contributed by atoms with Gasteiger partial charge in [0.2, 0.25) is 5.91 Å². The summed E-state index contributed by atoms with van der Waals surface area (Å²) in [5.41, 5.74) is 8.38. The predicted molar refractivity (Wildman–Crippen MR) is 77.1 cm³/mol. The number of carbonyl (C=O) groups is 1. The van der Waals surface area contributed by atoms with Gasteiger partial charge >= 0.3 is 0 Å². The van der Waals surface area contributed by atoms with Crippen LogP contribution in [0.15, 0.2) is 18.3 Å². The number of rotatable bonds is 5. The first kappa shape index (κ1) is 13.2. The Morgan fingerprint density at radius 2 is 2.32 bits per heavy atom. The van der Waals surface area contributed by atoms with Gasteiger partial charge in [-0.3, -0.25) is 9.89 Å². The van der Waals surface area contributed by atoms with Gasteiger partial charge in [0.1, 0.15) is 0 Å². The van der Waals surface area contributed by atoms with E-state index in [0.29, 0.717) is 12.2 Å². The van der Waals surface area contributed by atoms with Crippen molar-refractivity contribution in [2.45, 2.75) is 13.3 Å². The molecular formula is C13H19N5O. The lowest BCUT2D eigenvalue weighted by Crippen LogP contribution is -2.35. The Kier molecular flexibility index (Phi) is 3.89. The van der Waals surface area contributed by atoms with Crippen LogP contribution in [0.25, 0.3) is 10.9 Å². The maximum absolute atomic E-state index is 11.7. The Hall–Kier alpha value is -2.24. The molecule has 0 saturated heterocycles. The number of nitrogens with two attached hydrogens (primary N) is 1. The molecule has 19 heavy (non-hydrogen) atoms. The second-order valence-corrected chi connectivity index (χ2v) is 4.57. The highest BCUT2D eigenvalue weighted by molar-refractivity contribution is 5.90. The van der Waals surface area contributed by atoms with Crippen molar-refractivity contribution in [2.75, 3.05) is 30.8 Å². The second-order valence-electron chi connectivity index (χ2n) is 4.57. The summed E-state index contributed by atoms with van der Waals surface area (Å²) in [6, 6.07) is 3.76. The first-order valence-electron chi connectivity index (χ1n) is 6.32. The Bertz CT molecular complexity index is 577. The van der Waals surface area contributed by atoms with Crippen molar-refractivity contribution in [2.24, 2.45) is 0 Å². The van der Waals surface area contributed by atoms with E-state index in [2.05, 4.69) is 15.5 Å². The van der Waals surface area contributed by atoms with E-state index >= 15 is 0 Å². The number of nitrogens with one attached hydrogen (secondary N) is 2. The fourth-order valence-corrected chi connectivity index (χ4v) is 1.95. The zero-order chi connectivity index (χ0) is 13.8. The summed E-state index contributed by atoms with van der Waals surface area (Å²) in [5.74, 6) is -0.00606. The quantitative estimate of drug-likeness (QED) is 0.704. The van der Waals surface area contributed by atoms with Crippen LogP contribution in [0.2, 0.25) is 0 Å². The summed E-state index contributed by atoms with van der Waals surface area (Å²) in [7, 11) is 1.85. The molecule has 4 N–H and O–H groups in total. The molecule has 0 aliphatic carbocycles. The van der Waals surface area contributed by atoms with Gasteiger partial charge in [-0.1, -0.05) is 6.92 Å². The molecule has 0 unspecified atom stereocenters. The van der Waals surface area contributed by atoms with Crippen molar-refractivity contribution in [1.29, 1.82) is 0 Å². The predicted octanol–water partition coefficient (Wildman–Crippen LogP) is 1.11. The first-order valence-corrected chi connectivity index (χ1v) is 6.32. The highest BCUT2D eigenvalue weighted by atomic mass is 16.2. The van der Waals surface area contributed by atoms with Gasteiger partial charge in [0.05, 0.1) is 29.6 Å². The number of likely N-dealkylation sites (N-methyl/N-ethyl adjacent to an activating group) is 1. The monoisotopic (exact) mass is 261 g/mol. The van der Waals surface area contributed by atoms with Gasteiger partial charge in [-0.15, -0.1) is 0 Å². The van der Waals surface area contributed by atoms with Crippen LogP contribution in [0.3, 0.4) is 0 Å². The summed E-state index contributed by atoms with van der Waals surface area (Å²) in [5, 5.41) is 10.7. The lowest BCUT2D eigenvalue weighted by molar-refractivity contribution is -0.119. The number of benzene rings is 1. The minimum Gasteiger partial charge on any atom is -0.397 e. The minimum absolute atomic E-state index is 0.00606. The van der Waals surface area contributed by atoms with E-state index in [9.17, 15) is 4.79 Å². The minimum atomic E-state index is -0.00606. The SMILES string of the molecule is CCCNC(=O)CN(C)c1cc2[nH]ncc2cc1N. The van der Waals surface area contributed by atoms with Crippen molar-refractivity contribution in [1.82, 2.24) is 15.5 Å². The number of carbonyl (C=O) groups excluding carboxylic acids is 1. The van der Waals surface area contributed by atoms with E-state index in [1.165, 1.54) is 0 Å². The van der Waals surface area contributed by atoms with Gasteiger partial charge in [0.15, 0.2) is 0 Å². The molecule has 2 rings (SSSR count). The molecule has 6 heteroatoms. The van der Waals surface area contributed by atoms with E-state index < -0.39 is 0 Å². The Morgan fingerprint density at radius 1 is 1.53 bits per heavy atom. The van der Waals surface area contributed by atoms with E-state index in [1.807, 2.05) is 31.0 Å². The number of aromatic amines is 1. The fourth-order valence-electron chi connectivity index (χ4n) is 1.95. The molecule has 0 saturated carbocycles. The number of hydrogen-bond acceptors (Lipinski definition) is 4. The number of H-pyrrole nitrogens is 1. The van der Waals surface area contributed by atoms with Crippen molar-refractivity contribution in [3.63, 3.8) is 0 Å². The Balaban J connectivity index is 2.13. The standard InChI is InChI=1S/C13H19N5O/c1-3-4-15-13(19)8-18(2)12-6-11-9(5-10(12)14)7-16-17-11/h5-7H,3-4,8,14H2,1-2H3,(H,15,19)(H,16,17). The van der Waals surface area contributed by atoms with Crippen LogP contribution in [0.1, 0.15) is 13.3 Å². The van der Waals surface area contributed by atoms with E-state index in [1.54, 1.807) is 6.20 Å². The topological polar surface area (TPSA) is 87.0 Å². The van der Waals surface area contributed by atoms with Crippen LogP contribution >= 0.6 is 0 Å². The van der Waals surface area contributed by atoms with E-state index in [0.717, 1.165) is 23.0 Å². The maximum Gasteiger partial charge on any atom is 0.239 e. The summed E-state index contributed by atoms with van der Waals surface area (Å²) >= 11 is 0. The normalized spacial score (nSPS) is 10.6. The van der Waals surface area contributed by atoms with Crippen LogP contribution in [0.4, 0.5) is 11.4 Å². The zero-order valence-electron chi connectivity index (χ0n) is 11.2. The molecule has 0 atom stereocenters. The van der Waals surface area contributed by atoms with Crippen LogP contribution in [0, 0.1) is 0 Å². The third-order valence-electron chi connectivity index (χ3n) is 2.95. The molecule has 1 amide bonds. The molecule has 0 spiro atoms. The molecule has 0 aliphatic rings. The smallest absolute Gasteiger partial charge is 0.239 e. The number of anilines is 2. The maximum atomic E-state index is 11.7. The number of fused-ring (bicyclic) bond motifs is 1. The van der Waals surface area contributed by atoms with Gasteiger partial charge in [-0.05, 0) is 18.6 Å². The van der Waals surface area contributed by atoms with E-state index in [4.69, 9.17) is 5.73 Å². The molecule has 102 valence electrons. The summed E-state index contributed by atoms with van der Waals surface area (Å²) in [6.45, 7) is 3.00. The van der Waals surface area contributed by atoms with Crippen LogP contribution in [-0.2, 0) is 4.79 Å². The third-order valence-corrected chi connectivity index (χ3v) is 2.95. The average Bonchev–Trinajstić information content (AvgIpc) is 2.82. The van der Waals surface area contributed by atoms with Crippen molar-refractivity contribution in [3.8, 4) is 0 Å². The molecule has 0 bridgehead atoms. The molecule has 2 aromatic rings. The molecule has 0 radical (unpaired) electrons. The van der Waals surface area contributed by atoms with E-state index in [-0.39, 0.29) is 12.5 Å². The largest absolute Gasteiger partial charge is 0.397 e. The van der Waals surface area contributed by atoms with Crippen LogP contribution in [0.5, 0.6) is 0 Å². The van der Waals surface area contributed by atoms with Gasteiger partial charge in [-0.2, -0.15) is 5.10 Å². The summed E-state index contributed by atoms with van der Waals surface area (Å²) in [6.07, 6.45) is 2.65. The first-order chi connectivity index (χ1) is 9.11. The average molecular weight is 261 g/mol. The van der Waals surface area contributed by atoms with Crippen molar-refractivity contribution in [3.05, 3.63) is 18.3 Å². The van der Waals surface area contributed by atoms with Gasteiger partial charge in [-0.25, -0.2) is 0 Å². The lowest BCUT2D eigenvalue weighted by atomic mass is 10.2. The summed E-state index contributed by atoms with van der Waals surface area (Å²) in [4.78, 5) is 13.5. The van der Waals surface area contributed by atoms with Gasteiger partial charge < -0.3 is 16.0 Å². The molecular weight excluding hydrogens is 242 g/mol. The van der Waals surface area contributed by atoms with Crippen LogP contribution < -0.4 is 16.0 Å². The molecule has 1 aromatic carbocycles. The number of nitrogens with zero attached hydrogens (tertiary/aromatic N) is 2. The fraction of sp³-hybridized carbons (Fsp3) is 0.385. The molecule has 1 aromatic heterocycles. The number of hydrogen-bond donors (Lipinski definition) is 3. The molecule has 1 heterocycles. The van der Waals surface area contributed by atoms with Crippen LogP contribution in [-0.4, -0.2) is 36.2 Å². The highest BCUT2D eigenvalue weighted by Gasteiger charge is 2.11. The molecule has 6 nitrogen and oxygen atoms in total. The Labute approximate surface area is 112 Å². The number of amides is 1.